The van der Waals surface area contributed by atoms with Crippen molar-refractivity contribution < 1.29 is 28.1 Å². The van der Waals surface area contributed by atoms with Crippen LogP contribution in [0, 0.1) is 12.7 Å². The van der Waals surface area contributed by atoms with E-state index in [0.29, 0.717) is 11.4 Å². The second-order valence-corrected chi connectivity index (χ2v) is 8.92. The zero-order valence-corrected chi connectivity index (χ0v) is 20.8. The van der Waals surface area contributed by atoms with Gasteiger partial charge in [0.25, 0.3) is 0 Å². The van der Waals surface area contributed by atoms with Gasteiger partial charge in [0.05, 0.1) is 31.9 Å². The number of nitrogens with zero attached hydrogens (tertiary/aromatic N) is 3. The number of halogens is 1. The average molecular weight is 528 g/mol. The van der Waals surface area contributed by atoms with Crippen molar-refractivity contribution in [1.82, 2.24) is 19.7 Å². The molecule has 4 aromatic rings. The average Bonchev–Trinajstić information content (AvgIpc) is 3.55. The SMILES string of the molecule is COC(=O)c1scnc1-n1nc(C(Nc2ccc(C)cc2)c2cc(OC)c3c(c2F)COCO3)[nH]c1=O. The summed E-state index contributed by atoms with van der Waals surface area (Å²) in [5.74, 6) is -0.613. The van der Waals surface area contributed by atoms with Crippen LogP contribution in [0.2, 0.25) is 0 Å². The molecule has 192 valence electrons. The number of aromatic amines is 1. The van der Waals surface area contributed by atoms with E-state index in [-0.39, 0.29) is 46.8 Å². The van der Waals surface area contributed by atoms with Gasteiger partial charge in [-0.15, -0.1) is 16.4 Å². The van der Waals surface area contributed by atoms with Crippen LogP contribution >= 0.6 is 11.3 Å². The highest BCUT2D eigenvalue weighted by molar-refractivity contribution is 7.12. The molecule has 5 rings (SSSR count). The number of esters is 1. The molecule has 0 saturated heterocycles. The smallest absolute Gasteiger partial charge is 0.352 e. The topological polar surface area (TPSA) is 130 Å². The van der Waals surface area contributed by atoms with Crippen LogP contribution in [-0.2, 0) is 16.1 Å². The number of fused-ring (bicyclic) bond motifs is 1. The Balaban J connectivity index is 1.66. The molecule has 0 spiro atoms. The maximum Gasteiger partial charge on any atom is 0.352 e. The highest BCUT2D eigenvalue weighted by Crippen LogP contribution is 2.41. The van der Waals surface area contributed by atoms with Crippen LogP contribution in [0.4, 0.5) is 10.1 Å². The van der Waals surface area contributed by atoms with E-state index in [1.54, 1.807) is 0 Å². The molecule has 13 heteroatoms. The minimum atomic E-state index is -0.974. The number of carbonyl (C=O) groups is 1. The first kappa shape index (κ1) is 24.5. The van der Waals surface area contributed by atoms with E-state index in [1.165, 1.54) is 25.8 Å². The lowest BCUT2D eigenvalue weighted by atomic mass is 9.99. The van der Waals surface area contributed by atoms with Crippen molar-refractivity contribution in [1.29, 1.82) is 0 Å². The zero-order valence-electron chi connectivity index (χ0n) is 20.0. The van der Waals surface area contributed by atoms with Gasteiger partial charge in [-0.05, 0) is 25.1 Å². The molecule has 1 aliphatic rings. The quantitative estimate of drug-likeness (QED) is 0.348. The Morgan fingerprint density at radius 2 is 2.08 bits per heavy atom. The number of aryl methyl sites for hydroxylation is 1. The molecule has 37 heavy (non-hydrogen) atoms. The molecular formula is C24H22FN5O6S. The summed E-state index contributed by atoms with van der Waals surface area (Å²) in [5.41, 5.74) is 2.74. The van der Waals surface area contributed by atoms with E-state index >= 15 is 4.39 Å². The summed E-state index contributed by atoms with van der Waals surface area (Å²) >= 11 is 1.01. The standard InChI is InChI=1S/C24H22FN5O6S/c1-12-4-6-13(7-5-12)27-18(14-8-16(33-2)19-15(17(14)25)9-35-11-36-19)21-28-24(32)30(29-21)22-20(23(31)34-3)37-10-26-22/h4-8,10,18,27H,9,11H2,1-3H3,(H,28,29,32). The fourth-order valence-corrected chi connectivity index (χ4v) is 4.62. The predicted molar refractivity (Wildman–Crippen MR) is 131 cm³/mol. The monoisotopic (exact) mass is 527 g/mol. The highest BCUT2D eigenvalue weighted by atomic mass is 32.1. The Hall–Kier alpha value is -4.23. The number of benzene rings is 2. The maximum absolute atomic E-state index is 15.9. The number of H-pyrrole nitrogens is 1. The molecule has 0 amide bonds. The lowest BCUT2D eigenvalue weighted by Crippen LogP contribution is -2.20. The van der Waals surface area contributed by atoms with Crippen molar-refractivity contribution in [2.45, 2.75) is 19.6 Å². The highest BCUT2D eigenvalue weighted by Gasteiger charge is 2.31. The number of aromatic nitrogens is 4. The lowest BCUT2D eigenvalue weighted by molar-refractivity contribution is -0.0200. The van der Waals surface area contributed by atoms with Crippen molar-refractivity contribution in [3.8, 4) is 17.3 Å². The molecule has 0 bridgehead atoms. The molecule has 1 atom stereocenters. The molecule has 2 N–H and O–H groups in total. The van der Waals surface area contributed by atoms with Crippen LogP contribution in [0.25, 0.3) is 5.82 Å². The first-order chi connectivity index (χ1) is 17.9. The third-order valence-corrected chi connectivity index (χ3v) is 6.55. The largest absolute Gasteiger partial charge is 0.493 e. The van der Waals surface area contributed by atoms with Crippen molar-refractivity contribution in [2.75, 3.05) is 26.3 Å². The Morgan fingerprint density at radius 1 is 1.30 bits per heavy atom. The second kappa shape index (κ2) is 10.0. The van der Waals surface area contributed by atoms with Crippen molar-refractivity contribution >= 4 is 23.0 Å². The van der Waals surface area contributed by atoms with E-state index in [4.69, 9.17) is 18.9 Å². The minimum absolute atomic E-state index is 0.00345. The molecule has 1 aliphatic heterocycles. The second-order valence-electron chi connectivity index (χ2n) is 8.07. The minimum Gasteiger partial charge on any atom is -0.493 e. The van der Waals surface area contributed by atoms with E-state index in [9.17, 15) is 9.59 Å². The molecule has 11 nitrogen and oxygen atoms in total. The molecule has 2 aromatic carbocycles. The summed E-state index contributed by atoms with van der Waals surface area (Å²) in [7, 11) is 2.68. The van der Waals surface area contributed by atoms with Gasteiger partial charge in [-0.1, -0.05) is 17.7 Å². The summed E-state index contributed by atoms with van der Waals surface area (Å²) < 4.78 is 37.9. The van der Waals surface area contributed by atoms with E-state index in [1.807, 2.05) is 31.2 Å². The van der Waals surface area contributed by atoms with Gasteiger partial charge in [0.1, 0.15) is 11.9 Å². The summed E-state index contributed by atoms with van der Waals surface area (Å²) in [5, 5.41) is 7.62. The lowest BCUT2D eigenvalue weighted by Gasteiger charge is -2.25. The van der Waals surface area contributed by atoms with E-state index in [2.05, 4.69) is 20.4 Å². The first-order valence-corrected chi connectivity index (χ1v) is 11.9. The summed E-state index contributed by atoms with van der Waals surface area (Å²) in [6.07, 6.45) is 0. The number of hydrogen-bond donors (Lipinski definition) is 2. The van der Waals surface area contributed by atoms with E-state index in [0.717, 1.165) is 21.6 Å². The molecule has 0 saturated carbocycles. The van der Waals surface area contributed by atoms with Crippen molar-refractivity contribution in [2.24, 2.45) is 0 Å². The fourth-order valence-electron chi connectivity index (χ4n) is 3.93. The Kier molecular flexibility index (Phi) is 6.63. The molecule has 3 heterocycles. The van der Waals surface area contributed by atoms with Crippen LogP contribution in [0.15, 0.2) is 40.6 Å². The molecule has 0 radical (unpaired) electrons. The number of rotatable bonds is 7. The zero-order chi connectivity index (χ0) is 26.1. The summed E-state index contributed by atoms with van der Waals surface area (Å²) in [4.78, 5) is 32.0. The van der Waals surface area contributed by atoms with Crippen molar-refractivity contribution in [3.05, 3.63) is 79.5 Å². The van der Waals surface area contributed by atoms with Crippen LogP contribution in [0.3, 0.4) is 0 Å². The Labute approximate surface area is 213 Å². The van der Waals surface area contributed by atoms with Gasteiger partial charge in [0.2, 0.25) is 0 Å². The first-order valence-electron chi connectivity index (χ1n) is 11.1. The van der Waals surface area contributed by atoms with Gasteiger partial charge in [0.15, 0.2) is 34.8 Å². The summed E-state index contributed by atoms with van der Waals surface area (Å²) in [6.45, 7) is 1.90. The van der Waals surface area contributed by atoms with Crippen LogP contribution in [0.1, 0.15) is 38.2 Å². The summed E-state index contributed by atoms with van der Waals surface area (Å²) in [6, 6.07) is 7.96. The molecular weight excluding hydrogens is 505 g/mol. The van der Waals surface area contributed by atoms with Crippen LogP contribution < -0.4 is 20.5 Å². The number of hydrogen-bond acceptors (Lipinski definition) is 10. The third kappa shape index (κ3) is 4.54. The third-order valence-electron chi connectivity index (χ3n) is 5.76. The molecule has 2 aromatic heterocycles. The van der Waals surface area contributed by atoms with Gasteiger partial charge in [-0.2, -0.15) is 4.68 Å². The molecule has 0 aliphatic carbocycles. The van der Waals surface area contributed by atoms with Gasteiger partial charge >= 0.3 is 11.7 Å². The number of methoxy groups -OCH3 is 2. The number of anilines is 1. The van der Waals surface area contributed by atoms with Crippen LogP contribution in [-0.4, -0.2) is 46.7 Å². The molecule has 1 unspecified atom stereocenters. The number of thiazole rings is 1. The van der Waals surface area contributed by atoms with Crippen LogP contribution in [0.5, 0.6) is 11.5 Å². The van der Waals surface area contributed by atoms with Crippen molar-refractivity contribution in [3.63, 3.8) is 0 Å². The van der Waals surface area contributed by atoms with E-state index < -0.39 is 23.5 Å². The fraction of sp³-hybridized carbons (Fsp3) is 0.250. The normalized spacial score (nSPS) is 13.4. The molecule has 0 fully saturated rings. The Morgan fingerprint density at radius 3 is 2.81 bits per heavy atom. The predicted octanol–water partition coefficient (Wildman–Crippen LogP) is 3.33. The van der Waals surface area contributed by atoms with Gasteiger partial charge < -0.3 is 24.3 Å². The van der Waals surface area contributed by atoms with Gasteiger partial charge in [-0.3, -0.25) is 4.98 Å². The maximum atomic E-state index is 15.9. The van der Waals surface area contributed by atoms with Gasteiger partial charge in [-0.25, -0.2) is 19.0 Å². The number of carbonyl (C=O) groups excluding carboxylic acids is 1. The van der Waals surface area contributed by atoms with Gasteiger partial charge in [0, 0.05) is 11.3 Å². The number of ether oxygens (including phenoxy) is 4. The Bertz CT molecular complexity index is 1510. The number of nitrogens with one attached hydrogen (secondary N) is 2.